The molecule has 1 N–H and O–H groups in total. The number of thioether (sulfide) groups is 1. The Morgan fingerprint density at radius 1 is 1.29 bits per heavy atom. The van der Waals surface area contributed by atoms with Gasteiger partial charge in [-0.05, 0) is 62.7 Å². The van der Waals surface area contributed by atoms with Crippen molar-refractivity contribution in [3.8, 4) is 0 Å². The van der Waals surface area contributed by atoms with Crippen LogP contribution < -0.4 is 0 Å². The number of fused-ring (bicyclic) bond motifs is 3. The van der Waals surface area contributed by atoms with Gasteiger partial charge in [-0.15, -0.1) is 11.8 Å². The molecule has 1 aliphatic heterocycles. The fraction of sp³-hybridized carbons (Fsp3) is 0.880. The van der Waals surface area contributed by atoms with E-state index < -0.39 is 5.60 Å². The Kier molecular flexibility index (Phi) is 9.11. The first-order valence-electron chi connectivity index (χ1n) is 11.7. The molecular weight excluding hydrogens is 412 g/mol. The molecule has 1 heterocycles. The van der Waals surface area contributed by atoms with Crippen LogP contribution in [-0.2, 0) is 19.0 Å². The third-order valence-corrected chi connectivity index (χ3v) is 8.26. The summed E-state index contributed by atoms with van der Waals surface area (Å²) >= 11 is 1.67. The highest BCUT2D eigenvalue weighted by molar-refractivity contribution is 7.98. The lowest BCUT2D eigenvalue weighted by molar-refractivity contribution is -0.270. The lowest BCUT2D eigenvalue weighted by Crippen LogP contribution is -2.67. The molecule has 180 valence electrons. The van der Waals surface area contributed by atoms with E-state index in [-0.39, 0.29) is 35.4 Å². The van der Waals surface area contributed by atoms with Crippen LogP contribution in [0.4, 0.5) is 0 Å². The fourth-order valence-corrected chi connectivity index (χ4v) is 6.38. The summed E-state index contributed by atoms with van der Waals surface area (Å²) in [6.07, 6.45) is 5.82. The number of carbonyl (C=O) groups excluding carboxylic acids is 1. The first kappa shape index (κ1) is 26.7. The van der Waals surface area contributed by atoms with Gasteiger partial charge in [-0.3, -0.25) is 4.79 Å². The second-order valence-electron chi connectivity index (χ2n) is 10.5. The summed E-state index contributed by atoms with van der Waals surface area (Å²) in [6.45, 7) is 15.5. The SMILES string of the molecule is CC(C)C.CSCOC1CCC2(CO)C3(C)CCC(C)=C(COC(C)=O)C3COC12C. The van der Waals surface area contributed by atoms with Crippen LogP contribution in [0.25, 0.3) is 0 Å². The van der Waals surface area contributed by atoms with Crippen molar-refractivity contribution in [1.82, 2.24) is 0 Å². The Morgan fingerprint density at radius 2 is 1.94 bits per heavy atom. The molecule has 2 aliphatic carbocycles. The maximum atomic E-state index is 11.4. The van der Waals surface area contributed by atoms with Crippen LogP contribution in [0.15, 0.2) is 11.1 Å². The molecule has 1 saturated heterocycles. The summed E-state index contributed by atoms with van der Waals surface area (Å²) < 4.78 is 18.1. The summed E-state index contributed by atoms with van der Waals surface area (Å²) in [4.78, 5) is 11.4. The molecule has 3 rings (SSSR count). The van der Waals surface area contributed by atoms with Crippen LogP contribution in [0.3, 0.4) is 0 Å². The van der Waals surface area contributed by atoms with E-state index in [0.29, 0.717) is 19.2 Å². The van der Waals surface area contributed by atoms with E-state index in [1.807, 2.05) is 6.26 Å². The fourth-order valence-electron chi connectivity index (χ4n) is 6.08. The van der Waals surface area contributed by atoms with Crippen molar-refractivity contribution >= 4 is 17.7 Å². The second-order valence-corrected chi connectivity index (χ2v) is 11.4. The van der Waals surface area contributed by atoms with E-state index in [0.717, 1.165) is 31.6 Å². The Morgan fingerprint density at radius 3 is 2.48 bits per heavy atom. The zero-order valence-electron chi connectivity index (χ0n) is 20.9. The van der Waals surface area contributed by atoms with Gasteiger partial charge in [0.25, 0.3) is 0 Å². The Hall–Kier alpha value is -0.560. The van der Waals surface area contributed by atoms with Gasteiger partial charge in [0.05, 0.1) is 30.9 Å². The van der Waals surface area contributed by atoms with Crippen LogP contribution in [-0.4, -0.2) is 54.8 Å². The average molecular weight is 457 g/mol. The van der Waals surface area contributed by atoms with E-state index >= 15 is 0 Å². The number of aliphatic hydroxyl groups is 1. The molecule has 0 aromatic rings. The smallest absolute Gasteiger partial charge is 0.302 e. The molecule has 0 aromatic heterocycles. The van der Waals surface area contributed by atoms with Crippen molar-refractivity contribution in [2.24, 2.45) is 22.7 Å². The Bertz CT molecular complexity index is 660. The lowest BCUT2D eigenvalue weighted by Gasteiger charge is -2.63. The molecule has 1 saturated carbocycles. The number of ether oxygens (including phenoxy) is 3. The lowest BCUT2D eigenvalue weighted by atomic mass is 9.47. The summed E-state index contributed by atoms with van der Waals surface area (Å²) in [7, 11) is 0. The highest BCUT2D eigenvalue weighted by Crippen LogP contribution is 2.68. The van der Waals surface area contributed by atoms with Crippen molar-refractivity contribution in [1.29, 1.82) is 0 Å². The minimum absolute atomic E-state index is 0.00111. The summed E-state index contributed by atoms with van der Waals surface area (Å²) in [5.41, 5.74) is 1.52. The van der Waals surface area contributed by atoms with Gasteiger partial charge < -0.3 is 19.3 Å². The van der Waals surface area contributed by atoms with E-state index in [1.54, 1.807) is 11.8 Å². The molecule has 0 amide bonds. The summed E-state index contributed by atoms with van der Waals surface area (Å²) in [6, 6.07) is 0. The molecule has 0 aromatic carbocycles. The average Bonchev–Trinajstić information content (AvgIpc) is 2.99. The quantitative estimate of drug-likeness (QED) is 0.336. The zero-order chi connectivity index (χ0) is 23.4. The number of esters is 1. The summed E-state index contributed by atoms with van der Waals surface area (Å²) in [5, 5.41) is 10.7. The molecule has 5 atom stereocenters. The van der Waals surface area contributed by atoms with Crippen LogP contribution in [0.1, 0.15) is 74.1 Å². The van der Waals surface area contributed by atoms with Crippen molar-refractivity contribution in [2.75, 3.05) is 32.0 Å². The molecule has 0 bridgehead atoms. The number of rotatable bonds is 6. The van der Waals surface area contributed by atoms with E-state index in [1.165, 1.54) is 18.1 Å². The molecule has 5 unspecified atom stereocenters. The predicted molar refractivity (Wildman–Crippen MR) is 127 cm³/mol. The molecule has 0 spiro atoms. The van der Waals surface area contributed by atoms with Gasteiger partial charge in [0, 0.05) is 18.3 Å². The number of hydrogen-bond donors (Lipinski definition) is 1. The van der Waals surface area contributed by atoms with Gasteiger partial charge in [-0.2, -0.15) is 0 Å². The number of carbonyl (C=O) groups is 1. The van der Waals surface area contributed by atoms with Crippen LogP contribution >= 0.6 is 11.8 Å². The number of allylic oxidation sites excluding steroid dienone is 1. The van der Waals surface area contributed by atoms with Gasteiger partial charge in [-0.1, -0.05) is 33.3 Å². The molecule has 31 heavy (non-hydrogen) atoms. The van der Waals surface area contributed by atoms with Crippen LogP contribution in [0.5, 0.6) is 0 Å². The van der Waals surface area contributed by atoms with Crippen molar-refractivity contribution in [3.05, 3.63) is 11.1 Å². The highest BCUT2D eigenvalue weighted by atomic mass is 32.2. The summed E-state index contributed by atoms with van der Waals surface area (Å²) in [5.74, 6) is 1.37. The minimum Gasteiger partial charge on any atom is -0.461 e. The van der Waals surface area contributed by atoms with E-state index in [9.17, 15) is 9.90 Å². The Labute approximate surface area is 193 Å². The molecule has 2 fully saturated rings. The topological polar surface area (TPSA) is 65.0 Å². The maximum absolute atomic E-state index is 11.4. The third kappa shape index (κ3) is 4.87. The highest BCUT2D eigenvalue weighted by Gasteiger charge is 2.71. The van der Waals surface area contributed by atoms with Crippen LogP contribution in [0.2, 0.25) is 0 Å². The third-order valence-electron chi connectivity index (χ3n) is 7.89. The normalized spacial score (nSPS) is 37.1. The molecule has 6 heteroatoms. The van der Waals surface area contributed by atoms with Gasteiger partial charge in [0.15, 0.2) is 0 Å². The first-order chi connectivity index (χ1) is 14.5. The molecular formula is C25H44O5S. The van der Waals surface area contributed by atoms with Crippen molar-refractivity contribution in [2.45, 2.75) is 85.9 Å². The van der Waals surface area contributed by atoms with Crippen LogP contribution in [0, 0.1) is 22.7 Å². The maximum Gasteiger partial charge on any atom is 0.302 e. The standard InChI is InChI=1S/C21H34O5S.C4H10/c1-14-6-8-19(3)17(16(14)10-24-15(2)23)11-26-20(4)18(25-13-27-5)7-9-21(19,20)12-22;1-4(2)3/h17-18,22H,6-13H2,1-5H3;4H,1-3H3. The zero-order valence-corrected chi connectivity index (χ0v) is 21.7. The number of hydrogen-bond acceptors (Lipinski definition) is 6. The molecule has 0 radical (unpaired) electrons. The molecule has 3 aliphatic rings. The van der Waals surface area contributed by atoms with Crippen molar-refractivity contribution < 1.29 is 24.1 Å². The largest absolute Gasteiger partial charge is 0.461 e. The predicted octanol–water partition coefficient (Wildman–Crippen LogP) is 5.21. The molecule has 5 nitrogen and oxygen atoms in total. The van der Waals surface area contributed by atoms with E-state index in [2.05, 4.69) is 41.5 Å². The number of aliphatic hydroxyl groups excluding tert-OH is 1. The first-order valence-corrected chi connectivity index (χ1v) is 13.1. The second kappa shape index (κ2) is 10.6. The minimum atomic E-state index is -0.499. The monoisotopic (exact) mass is 456 g/mol. The van der Waals surface area contributed by atoms with Gasteiger partial charge in [-0.25, -0.2) is 0 Å². The van der Waals surface area contributed by atoms with Gasteiger partial charge >= 0.3 is 5.97 Å². The van der Waals surface area contributed by atoms with E-state index in [4.69, 9.17) is 14.2 Å². The van der Waals surface area contributed by atoms with Gasteiger partial charge in [0.2, 0.25) is 0 Å². The van der Waals surface area contributed by atoms with Crippen molar-refractivity contribution in [3.63, 3.8) is 0 Å². The Balaban J connectivity index is 0.000000785. The van der Waals surface area contributed by atoms with Gasteiger partial charge in [0.1, 0.15) is 6.61 Å².